The van der Waals surface area contributed by atoms with Crippen LogP contribution in [0.4, 0.5) is 18.0 Å². The molecule has 22 heavy (non-hydrogen) atoms. The molecule has 1 atom stereocenters. The maximum atomic E-state index is 12.9. The van der Waals surface area contributed by atoms with Crippen molar-refractivity contribution in [1.29, 1.82) is 0 Å². The average Bonchev–Trinajstić information content (AvgIpc) is 2.66. The van der Waals surface area contributed by atoms with Gasteiger partial charge in [0.15, 0.2) is 5.60 Å². The topological polar surface area (TPSA) is 49.8 Å². The minimum absolute atomic E-state index is 0.247. The van der Waals surface area contributed by atoms with Crippen LogP contribution >= 0.6 is 0 Å². The molecule has 2 fully saturated rings. The predicted octanol–water partition coefficient (Wildman–Crippen LogP) is 3.48. The Bertz CT molecular complexity index is 436. The molecule has 2 aliphatic rings. The molecule has 0 bridgehead atoms. The van der Waals surface area contributed by atoms with Crippen molar-refractivity contribution in [2.45, 2.75) is 70.3 Å². The first-order valence-corrected chi connectivity index (χ1v) is 7.63. The Labute approximate surface area is 128 Å². The van der Waals surface area contributed by atoms with E-state index in [1.165, 1.54) is 0 Å². The highest BCUT2D eigenvalue weighted by Crippen LogP contribution is 2.55. The van der Waals surface area contributed by atoms with Crippen molar-refractivity contribution in [1.82, 2.24) is 4.90 Å². The smallest absolute Gasteiger partial charge is 0.417 e. The Balaban J connectivity index is 1.94. The minimum atomic E-state index is -4.58. The first-order chi connectivity index (χ1) is 9.86. The van der Waals surface area contributed by atoms with E-state index in [9.17, 15) is 23.1 Å². The van der Waals surface area contributed by atoms with Crippen LogP contribution in [0.3, 0.4) is 0 Å². The first-order valence-electron chi connectivity index (χ1n) is 7.63. The van der Waals surface area contributed by atoms with Crippen LogP contribution in [0.2, 0.25) is 0 Å². The van der Waals surface area contributed by atoms with E-state index in [0.717, 1.165) is 0 Å². The summed E-state index contributed by atoms with van der Waals surface area (Å²) in [5, 5.41) is 9.84. The van der Waals surface area contributed by atoms with Crippen LogP contribution in [-0.2, 0) is 4.74 Å². The zero-order valence-electron chi connectivity index (χ0n) is 13.3. The van der Waals surface area contributed by atoms with Gasteiger partial charge in [-0.15, -0.1) is 0 Å². The van der Waals surface area contributed by atoms with Gasteiger partial charge in [0.2, 0.25) is 0 Å². The number of alkyl halides is 3. The van der Waals surface area contributed by atoms with Gasteiger partial charge in [0.05, 0.1) is 0 Å². The van der Waals surface area contributed by atoms with Gasteiger partial charge in [0.25, 0.3) is 0 Å². The van der Waals surface area contributed by atoms with Crippen LogP contribution in [0.5, 0.6) is 0 Å². The standard InChI is InChI=1S/C15H24F3NO3/c1-12(2,3)22-11(20)19-8-6-13(7-9-19)4-5-14(21,10-13)15(16,17)18/h21H,4-10H2,1-3H3. The highest BCUT2D eigenvalue weighted by Gasteiger charge is 2.61. The van der Waals surface area contributed by atoms with Gasteiger partial charge in [0.1, 0.15) is 5.60 Å². The molecule has 2 rings (SSSR count). The molecule has 4 nitrogen and oxygen atoms in total. The number of carbonyl (C=O) groups is 1. The van der Waals surface area contributed by atoms with E-state index < -0.39 is 28.9 Å². The van der Waals surface area contributed by atoms with Gasteiger partial charge >= 0.3 is 12.3 Å². The Morgan fingerprint density at radius 1 is 1.09 bits per heavy atom. The Morgan fingerprint density at radius 3 is 2.05 bits per heavy atom. The van der Waals surface area contributed by atoms with Crippen molar-refractivity contribution in [3.63, 3.8) is 0 Å². The summed E-state index contributed by atoms with van der Waals surface area (Å²) in [6.07, 6.45) is -4.21. The number of piperidine rings is 1. The maximum absolute atomic E-state index is 12.9. The number of nitrogens with zero attached hydrogens (tertiary/aromatic N) is 1. The number of aliphatic hydroxyl groups is 1. The van der Waals surface area contributed by atoms with Crippen LogP contribution in [0.25, 0.3) is 0 Å². The second-order valence-corrected chi connectivity index (χ2v) is 7.67. The summed E-state index contributed by atoms with van der Waals surface area (Å²) in [5.41, 5.74) is -3.67. The van der Waals surface area contributed by atoms with Crippen molar-refractivity contribution in [3.05, 3.63) is 0 Å². The van der Waals surface area contributed by atoms with E-state index in [1.807, 2.05) is 0 Å². The number of hydrogen-bond donors (Lipinski definition) is 1. The van der Waals surface area contributed by atoms with Crippen molar-refractivity contribution in [2.24, 2.45) is 5.41 Å². The van der Waals surface area contributed by atoms with Crippen molar-refractivity contribution in [2.75, 3.05) is 13.1 Å². The molecule has 128 valence electrons. The molecule has 0 aromatic carbocycles. The second kappa shape index (κ2) is 5.28. The zero-order valence-corrected chi connectivity index (χ0v) is 13.3. The van der Waals surface area contributed by atoms with Crippen LogP contribution in [-0.4, -0.2) is 46.6 Å². The molecule has 0 radical (unpaired) electrons. The number of amides is 1. The third-order valence-corrected chi connectivity index (χ3v) is 4.74. The molecule has 1 unspecified atom stereocenters. The molecule has 1 aliphatic carbocycles. The Kier molecular flexibility index (Phi) is 4.17. The molecule has 0 aromatic rings. The van der Waals surface area contributed by atoms with Gasteiger partial charge in [-0.05, 0) is 58.3 Å². The molecule has 1 saturated heterocycles. The minimum Gasteiger partial charge on any atom is -0.444 e. The fourth-order valence-corrected chi connectivity index (χ4v) is 3.43. The van der Waals surface area contributed by atoms with E-state index in [0.29, 0.717) is 32.4 Å². The number of ether oxygens (including phenoxy) is 1. The number of halogens is 3. The monoisotopic (exact) mass is 323 g/mol. The summed E-state index contributed by atoms with van der Waals surface area (Å²) in [5.74, 6) is 0. The number of rotatable bonds is 0. The molecule has 1 aliphatic heterocycles. The fraction of sp³-hybridized carbons (Fsp3) is 0.933. The number of likely N-dealkylation sites (tertiary alicyclic amines) is 1. The van der Waals surface area contributed by atoms with Crippen molar-refractivity contribution < 1.29 is 27.8 Å². The molecule has 0 aromatic heterocycles. The third-order valence-electron chi connectivity index (χ3n) is 4.74. The van der Waals surface area contributed by atoms with Gasteiger partial charge in [-0.2, -0.15) is 13.2 Å². The van der Waals surface area contributed by atoms with Crippen LogP contribution in [0.1, 0.15) is 52.9 Å². The summed E-state index contributed by atoms with van der Waals surface area (Å²) < 4.78 is 44.1. The van der Waals surface area contributed by atoms with E-state index in [2.05, 4.69) is 0 Å². The normalized spacial score (nSPS) is 29.0. The lowest BCUT2D eigenvalue weighted by atomic mass is 9.76. The largest absolute Gasteiger partial charge is 0.444 e. The quantitative estimate of drug-likeness (QED) is 0.742. The van der Waals surface area contributed by atoms with Crippen molar-refractivity contribution in [3.8, 4) is 0 Å². The van der Waals surface area contributed by atoms with E-state index >= 15 is 0 Å². The highest BCUT2D eigenvalue weighted by atomic mass is 19.4. The predicted molar refractivity (Wildman–Crippen MR) is 74.3 cm³/mol. The molecule has 1 N–H and O–H groups in total. The summed E-state index contributed by atoms with van der Waals surface area (Å²) in [6.45, 7) is 6.08. The SMILES string of the molecule is CC(C)(C)OC(=O)N1CCC2(CC1)CCC(O)(C(F)(F)F)C2. The lowest BCUT2D eigenvalue weighted by Crippen LogP contribution is -2.47. The summed E-state index contributed by atoms with van der Waals surface area (Å²) in [6, 6.07) is 0. The van der Waals surface area contributed by atoms with Crippen LogP contribution in [0, 0.1) is 5.41 Å². The number of hydrogen-bond acceptors (Lipinski definition) is 3. The molecular weight excluding hydrogens is 299 g/mol. The molecular formula is C15H24F3NO3. The van der Waals surface area contributed by atoms with Gasteiger partial charge < -0.3 is 14.7 Å². The molecule has 1 heterocycles. The lowest BCUT2D eigenvalue weighted by Gasteiger charge is -2.40. The van der Waals surface area contributed by atoms with Gasteiger partial charge in [0, 0.05) is 13.1 Å². The van der Waals surface area contributed by atoms with Gasteiger partial charge in [-0.1, -0.05) is 0 Å². The summed E-state index contributed by atoms with van der Waals surface area (Å²) in [4.78, 5) is 13.5. The first kappa shape index (κ1) is 17.4. The van der Waals surface area contributed by atoms with E-state index in [1.54, 1.807) is 25.7 Å². The molecule has 1 amide bonds. The fourth-order valence-electron chi connectivity index (χ4n) is 3.43. The third kappa shape index (κ3) is 3.50. The maximum Gasteiger partial charge on any atom is 0.417 e. The molecule has 7 heteroatoms. The summed E-state index contributed by atoms with van der Waals surface area (Å²) in [7, 11) is 0. The van der Waals surface area contributed by atoms with E-state index in [-0.39, 0.29) is 12.8 Å². The average molecular weight is 323 g/mol. The number of carbonyl (C=O) groups excluding carboxylic acids is 1. The van der Waals surface area contributed by atoms with Gasteiger partial charge in [-0.25, -0.2) is 4.79 Å². The lowest BCUT2D eigenvalue weighted by molar-refractivity contribution is -0.260. The van der Waals surface area contributed by atoms with Crippen molar-refractivity contribution >= 4 is 6.09 Å². The molecule has 1 spiro atoms. The Morgan fingerprint density at radius 2 is 1.64 bits per heavy atom. The second-order valence-electron chi connectivity index (χ2n) is 7.67. The van der Waals surface area contributed by atoms with Crippen LogP contribution < -0.4 is 0 Å². The Hall–Kier alpha value is -0.980. The summed E-state index contributed by atoms with van der Waals surface area (Å²) >= 11 is 0. The van der Waals surface area contributed by atoms with Crippen LogP contribution in [0.15, 0.2) is 0 Å². The van der Waals surface area contributed by atoms with E-state index in [4.69, 9.17) is 4.74 Å². The molecule has 1 saturated carbocycles. The van der Waals surface area contributed by atoms with Gasteiger partial charge in [-0.3, -0.25) is 0 Å². The highest BCUT2D eigenvalue weighted by molar-refractivity contribution is 5.68. The zero-order chi connectivity index (χ0) is 16.8.